The molecule has 1 N–H and O–H groups in total. The first-order chi connectivity index (χ1) is 8.85. The van der Waals surface area contributed by atoms with Crippen LogP contribution in [0.25, 0.3) is 10.8 Å². The van der Waals surface area contributed by atoms with Crippen molar-refractivity contribution in [2.24, 2.45) is 0 Å². The average molecular weight is 242 g/mol. The first kappa shape index (κ1) is 12.4. The molecule has 0 fully saturated rings. The quantitative estimate of drug-likeness (QED) is 0.642. The normalized spacial score (nSPS) is 11.0. The van der Waals surface area contributed by atoms with E-state index in [2.05, 4.69) is 22.5 Å². The average Bonchev–Trinajstić information content (AvgIpc) is 2.43. The predicted octanol–water partition coefficient (Wildman–Crippen LogP) is 3.62. The second kappa shape index (κ2) is 6.05. The number of fused-ring (bicyclic) bond motifs is 1. The molecule has 0 atom stereocenters. The van der Waals surface area contributed by atoms with Gasteiger partial charge in [0.25, 0.3) is 0 Å². The van der Waals surface area contributed by atoms with Crippen LogP contribution in [-0.2, 0) is 0 Å². The molecule has 0 radical (unpaired) electrons. The Labute approximate surface area is 107 Å². The zero-order valence-corrected chi connectivity index (χ0v) is 10.8. The number of nitrogens with one attached hydrogen (secondary N) is 1. The molecule has 0 amide bonds. The fourth-order valence-electron chi connectivity index (χ4n) is 1.86. The van der Waals surface area contributed by atoms with Gasteiger partial charge in [0.1, 0.15) is 11.6 Å². The van der Waals surface area contributed by atoms with Crippen molar-refractivity contribution in [3.8, 4) is 5.75 Å². The van der Waals surface area contributed by atoms with Gasteiger partial charge in [-0.2, -0.15) is 0 Å². The fraction of sp³-hybridized carbons (Fsp3) is 0.267. The molecule has 0 unspecified atom stereocenters. The summed E-state index contributed by atoms with van der Waals surface area (Å²) in [6, 6.07) is 8.02. The second-order valence-corrected chi connectivity index (χ2v) is 4.03. The molecule has 1 aromatic heterocycles. The van der Waals surface area contributed by atoms with Gasteiger partial charge in [0.2, 0.25) is 0 Å². The Morgan fingerprint density at radius 1 is 1.33 bits per heavy atom. The molecule has 94 valence electrons. The van der Waals surface area contributed by atoms with Crippen LogP contribution in [0, 0.1) is 0 Å². The summed E-state index contributed by atoms with van der Waals surface area (Å²) >= 11 is 0. The number of rotatable bonds is 5. The van der Waals surface area contributed by atoms with Crippen LogP contribution >= 0.6 is 0 Å². The zero-order chi connectivity index (χ0) is 12.8. The zero-order valence-electron chi connectivity index (χ0n) is 10.8. The van der Waals surface area contributed by atoms with Gasteiger partial charge in [-0.3, -0.25) is 0 Å². The van der Waals surface area contributed by atoms with Gasteiger partial charge in [-0.15, -0.1) is 0 Å². The van der Waals surface area contributed by atoms with Crippen LogP contribution in [0.15, 0.2) is 42.6 Å². The van der Waals surface area contributed by atoms with Gasteiger partial charge in [0, 0.05) is 18.1 Å². The molecule has 1 heterocycles. The van der Waals surface area contributed by atoms with E-state index < -0.39 is 0 Å². The molecule has 0 aliphatic rings. The first-order valence-corrected chi connectivity index (χ1v) is 6.13. The lowest BCUT2D eigenvalue weighted by atomic mass is 10.1. The van der Waals surface area contributed by atoms with E-state index in [4.69, 9.17) is 4.74 Å². The highest BCUT2D eigenvalue weighted by Gasteiger charge is 2.02. The van der Waals surface area contributed by atoms with Crippen LogP contribution in [0.4, 0.5) is 5.82 Å². The van der Waals surface area contributed by atoms with Gasteiger partial charge in [-0.1, -0.05) is 12.2 Å². The molecule has 3 heteroatoms. The Morgan fingerprint density at radius 2 is 2.22 bits per heavy atom. The summed E-state index contributed by atoms with van der Waals surface area (Å²) in [7, 11) is 1.68. The molecule has 0 saturated heterocycles. The molecular weight excluding hydrogens is 224 g/mol. The van der Waals surface area contributed by atoms with Crippen LogP contribution in [-0.4, -0.2) is 18.6 Å². The van der Waals surface area contributed by atoms with Gasteiger partial charge in [0.15, 0.2) is 0 Å². The Balaban J connectivity index is 2.22. The fourth-order valence-corrected chi connectivity index (χ4v) is 1.86. The van der Waals surface area contributed by atoms with Crippen molar-refractivity contribution >= 4 is 16.6 Å². The minimum atomic E-state index is 0.869. The van der Waals surface area contributed by atoms with E-state index in [1.165, 1.54) is 0 Å². The number of hydrogen-bond acceptors (Lipinski definition) is 3. The molecular formula is C15H18N2O. The van der Waals surface area contributed by atoms with Crippen molar-refractivity contribution in [2.45, 2.75) is 13.3 Å². The maximum absolute atomic E-state index is 5.23. The van der Waals surface area contributed by atoms with Gasteiger partial charge in [0.05, 0.1) is 7.11 Å². The first-order valence-electron chi connectivity index (χ1n) is 6.13. The summed E-state index contributed by atoms with van der Waals surface area (Å²) in [5.41, 5.74) is 0. The number of ether oxygens (including phenoxy) is 1. The smallest absolute Gasteiger partial charge is 0.133 e. The van der Waals surface area contributed by atoms with Crippen LogP contribution in [0.5, 0.6) is 5.75 Å². The lowest BCUT2D eigenvalue weighted by Gasteiger charge is -2.08. The highest BCUT2D eigenvalue weighted by molar-refractivity contribution is 5.92. The maximum atomic E-state index is 5.23. The Kier molecular flexibility index (Phi) is 4.18. The van der Waals surface area contributed by atoms with Crippen molar-refractivity contribution in [1.29, 1.82) is 0 Å². The van der Waals surface area contributed by atoms with Gasteiger partial charge in [-0.25, -0.2) is 4.98 Å². The van der Waals surface area contributed by atoms with Crippen molar-refractivity contribution in [3.05, 3.63) is 42.6 Å². The van der Waals surface area contributed by atoms with Crippen molar-refractivity contribution in [2.75, 3.05) is 19.0 Å². The summed E-state index contributed by atoms with van der Waals surface area (Å²) in [6.07, 6.45) is 7.02. The van der Waals surface area contributed by atoms with Crippen LogP contribution < -0.4 is 10.1 Å². The van der Waals surface area contributed by atoms with Crippen molar-refractivity contribution in [1.82, 2.24) is 4.98 Å². The molecule has 1 aromatic carbocycles. The van der Waals surface area contributed by atoms with E-state index in [1.807, 2.05) is 37.4 Å². The molecule has 2 rings (SSSR count). The van der Waals surface area contributed by atoms with E-state index in [0.29, 0.717) is 0 Å². The minimum Gasteiger partial charge on any atom is -0.497 e. The number of methoxy groups -OCH3 is 1. The number of aromatic nitrogens is 1. The number of pyridine rings is 1. The van der Waals surface area contributed by atoms with Crippen LogP contribution in [0.1, 0.15) is 13.3 Å². The summed E-state index contributed by atoms with van der Waals surface area (Å²) in [5, 5.41) is 5.62. The highest BCUT2D eigenvalue weighted by atomic mass is 16.5. The Bertz CT molecular complexity index is 549. The second-order valence-electron chi connectivity index (χ2n) is 4.03. The standard InChI is InChI=1S/C15H18N2O/c1-3-4-5-9-16-15-14-7-6-13(18-2)11-12(14)8-10-17-15/h3-4,6-8,10-11H,5,9H2,1-2H3,(H,16,17)/b4-3+. The molecule has 18 heavy (non-hydrogen) atoms. The molecule has 0 saturated carbocycles. The largest absolute Gasteiger partial charge is 0.497 e. The van der Waals surface area contributed by atoms with Crippen molar-refractivity contribution in [3.63, 3.8) is 0 Å². The maximum Gasteiger partial charge on any atom is 0.133 e. The summed E-state index contributed by atoms with van der Waals surface area (Å²) in [4.78, 5) is 4.38. The third kappa shape index (κ3) is 2.80. The Hall–Kier alpha value is -2.03. The lowest BCUT2D eigenvalue weighted by molar-refractivity contribution is 0.415. The third-order valence-electron chi connectivity index (χ3n) is 2.81. The topological polar surface area (TPSA) is 34.2 Å². The monoisotopic (exact) mass is 242 g/mol. The molecule has 2 aromatic rings. The van der Waals surface area contributed by atoms with Gasteiger partial charge in [-0.05, 0) is 43.0 Å². The summed E-state index contributed by atoms with van der Waals surface area (Å²) in [6.45, 7) is 2.92. The highest BCUT2D eigenvalue weighted by Crippen LogP contribution is 2.25. The number of benzene rings is 1. The van der Waals surface area contributed by atoms with Crippen LogP contribution in [0.3, 0.4) is 0 Å². The van der Waals surface area contributed by atoms with E-state index in [0.717, 1.165) is 35.3 Å². The minimum absolute atomic E-state index is 0.869. The SMILES string of the molecule is C/C=C/CCNc1nccc2cc(OC)ccc12. The third-order valence-corrected chi connectivity index (χ3v) is 2.81. The summed E-state index contributed by atoms with van der Waals surface area (Å²) in [5.74, 6) is 1.80. The molecule has 0 aliphatic carbocycles. The van der Waals surface area contributed by atoms with E-state index in [-0.39, 0.29) is 0 Å². The van der Waals surface area contributed by atoms with E-state index in [9.17, 15) is 0 Å². The molecule has 0 bridgehead atoms. The number of anilines is 1. The predicted molar refractivity (Wildman–Crippen MR) is 76.2 cm³/mol. The van der Waals surface area contributed by atoms with E-state index >= 15 is 0 Å². The van der Waals surface area contributed by atoms with Gasteiger partial charge >= 0.3 is 0 Å². The van der Waals surface area contributed by atoms with Crippen LogP contribution in [0.2, 0.25) is 0 Å². The number of allylic oxidation sites excluding steroid dienone is 1. The number of hydrogen-bond donors (Lipinski definition) is 1. The molecule has 0 spiro atoms. The van der Waals surface area contributed by atoms with Crippen molar-refractivity contribution < 1.29 is 4.74 Å². The van der Waals surface area contributed by atoms with Gasteiger partial charge < -0.3 is 10.1 Å². The number of nitrogens with zero attached hydrogens (tertiary/aromatic N) is 1. The Morgan fingerprint density at radius 3 is 3.00 bits per heavy atom. The lowest BCUT2D eigenvalue weighted by Crippen LogP contribution is -2.02. The van der Waals surface area contributed by atoms with E-state index in [1.54, 1.807) is 7.11 Å². The molecule has 3 nitrogen and oxygen atoms in total. The molecule has 0 aliphatic heterocycles. The summed E-state index contributed by atoms with van der Waals surface area (Å²) < 4.78 is 5.23.